The fourth-order valence-electron chi connectivity index (χ4n) is 3.95. The van der Waals surface area contributed by atoms with E-state index < -0.39 is 0 Å². The summed E-state index contributed by atoms with van der Waals surface area (Å²) in [5.74, 6) is 3.89. The van der Waals surface area contributed by atoms with Gasteiger partial charge in [-0.15, -0.1) is 0 Å². The second kappa shape index (κ2) is 2.73. The Bertz CT molecular complexity index is 247. The Morgan fingerprint density at radius 2 is 1.77 bits per heavy atom. The van der Waals surface area contributed by atoms with Crippen LogP contribution in [-0.4, -0.2) is 0 Å². The molecule has 0 heterocycles. The molecule has 0 spiro atoms. The van der Waals surface area contributed by atoms with Crippen molar-refractivity contribution in [2.75, 3.05) is 0 Å². The monoisotopic (exact) mass is 174 g/mol. The van der Waals surface area contributed by atoms with Gasteiger partial charge in [-0.3, -0.25) is 0 Å². The lowest BCUT2D eigenvalue weighted by Gasteiger charge is -2.38. The van der Waals surface area contributed by atoms with Crippen LogP contribution < -0.4 is 0 Å². The normalized spacial score (nSPS) is 47.2. The van der Waals surface area contributed by atoms with E-state index in [2.05, 4.69) is 18.7 Å². The second-order valence-corrected chi connectivity index (χ2v) is 5.24. The van der Waals surface area contributed by atoms with Crippen molar-refractivity contribution in [3.63, 3.8) is 0 Å². The van der Waals surface area contributed by atoms with Crippen molar-refractivity contribution in [3.05, 3.63) is 24.3 Å². The van der Waals surface area contributed by atoms with Crippen LogP contribution in [0.4, 0.5) is 0 Å². The molecule has 0 N–H and O–H groups in total. The van der Waals surface area contributed by atoms with Crippen LogP contribution >= 0.6 is 0 Å². The predicted molar refractivity (Wildman–Crippen MR) is 55.3 cm³/mol. The van der Waals surface area contributed by atoms with Gasteiger partial charge in [0.2, 0.25) is 0 Å². The Morgan fingerprint density at radius 3 is 2.38 bits per heavy atom. The predicted octanol–water partition coefficient (Wildman–Crippen LogP) is 3.55. The molecule has 2 unspecified atom stereocenters. The Labute approximate surface area is 80.7 Å². The quantitative estimate of drug-likeness (QED) is 0.570. The van der Waals surface area contributed by atoms with Crippen molar-refractivity contribution in [2.24, 2.45) is 23.7 Å². The summed E-state index contributed by atoms with van der Waals surface area (Å²) in [6, 6.07) is 0. The maximum Gasteiger partial charge on any atom is -0.0160 e. The molecule has 0 heteroatoms. The minimum Gasteiger partial charge on any atom is -0.0988 e. The highest BCUT2D eigenvalue weighted by Crippen LogP contribution is 2.50. The van der Waals surface area contributed by atoms with Crippen LogP contribution in [0.1, 0.15) is 32.1 Å². The Kier molecular flexibility index (Phi) is 1.65. The van der Waals surface area contributed by atoms with Gasteiger partial charge >= 0.3 is 0 Å². The van der Waals surface area contributed by atoms with Gasteiger partial charge in [-0.25, -0.2) is 0 Å². The molecule has 70 valence electrons. The van der Waals surface area contributed by atoms with Gasteiger partial charge in [-0.1, -0.05) is 18.7 Å². The zero-order valence-corrected chi connectivity index (χ0v) is 8.21. The molecule has 0 amide bonds. The van der Waals surface area contributed by atoms with Crippen LogP contribution in [0.5, 0.6) is 0 Å². The van der Waals surface area contributed by atoms with Gasteiger partial charge in [-0.05, 0) is 61.3 Å². The van der Waals surface area contributed by atoms with E-state index in [-0.39, 0.29) is 0 Å². The molecule has 0 aromatic carbocycles. The average Bonchev–Trinajstić information content (AvgIpc) is 2.29. The van der Waals surface area contributed by atoms with Gasteiger partial charge in [0.15, 0.2) is 0 Å². The molecule has 2 saturated carbocycles. The first kappa shape index (κ1) is 7.84. The van der Waals surface area contributed by atoms with Crippen molar-refractivity contribution in [2.45, 2.75) is 32.1 Å². The van der Waals surface area contributed by atoms with E-state index in [0.717, 1.165) is 23.7 Å². The molecule has 0 aromatic heterocycles. The van der Waals surface area contributed by atoms with Crippen molar-refractivity contribution in [1.29, 1.82) is 0 Å². The maximum absolute atomic E-state index is 3.96. The van der Waals surface area contributed by atoms with E-state index in [1.54, 1.807) is 5.57 Å². The highest BCUT2D eigenvalue weighted by molar-refractivity contribution is 5.25. The summed E-state index contributed by atoms with van der Waals surface area (Å²) in [4.78, 5) is 0. The fourth-order valence-corrected chi connectivity index (χ4v) is 3.95. The molecular weight excluding hydrogens is 156 g/mol. The molecule has 0 nitrogen and oxygen atoms in total. The van der Waals surface area contributed by atoms with E-state index in [1.165, 1.54) is 32.1 Å². The molecule has 0 aliphatic heterocycles. The van der Waals surface area contributed by atoms with Gasteiger partial charge in [0, 0.05) is 0 Å². The summed E-state index contributed by atoms with van der Waals surface area (Å²) in [7, 11) is 0. The van der Waals surface area contributed by atoms with Gasteiger partial charge in [0.25, 0.3) is 0 Å². The SMILES string of the molecule is C=CC1=CC2CC3CC(C2)CC1C3. The maximum atomic E-state index is 3.96. The van der Waals surface area contributed by atoms with E-state index in [9.17, 15) is 0 Å². The largest absolute Gasteiger partial charge is 0.0988 e. The third-order valence-corrected chi connectivity index (χ3v) is 4.31. The van der Waals surface area contributed by atoms with Crippen molar-refractivity contribution in [3.8, 4) is 0 Å². The minimum absolute atomic E-state index is 0.883. The second-order valence-electron chi connectivity index (χ2n) is 5.24. The van der Waals surface area contributed by atoms with E-state index in [1.807, 2.05) is 0 Å². The van der Waals surface area contributed by atoms with Crippen LogP contribution in [0.25, 0.3) is 0 Å². The van der Waals surface area contributed by atoms with Gasteiger partial charge in [-0.2, -0.15) is 0 Å². The fraction of sp³-hybridized carbons (Fsp3) is 0.692. The highest BCUT2D eigenvalue weighted by Gasteiger charge is 2.38. The number of hydrogen-bond acceptors (Lipinski definition) is 0. The Balaban J connectivity index is 1.98. The van der Waals surface area contributed by atoms with E-state index >= 15 is 0 Å². The summed E-state index contributed by atoms with van der Waals surface area (Å²) in [5.41, 5.74) is 1.58. The standard InChI is InChI=1S/C13H18/c1-2-12-6-9-3-10-5-11(4-9)8-13(12)7-10/h2,6,9-11,13H,1,3-5,7-8H2. The third kappa shape index (κ3) is 1.19. The first-order chi connectivity index (χ1) is 6.35. The zero-order valence-electron chi connectivity index (χ0n) is 8.21. The molecule has 4 aliphatic carbocycles. The third-order valence-electron chi connectivity index (χ3n) is 4.31. The van der Waals surface area contributed by atoms with Crippen LogP contribution in [0.15, 0.2) is 24.3 Å². The minimum atomic E-state index is 0.883. The van der Waals surface area contributed by atoms with Gasteiger partial charge in [0.05, 0.1) is 0 Å². The van der Waals surface area contributed by atoms with E-state index in [4.69, 9.17) is 0 Å². The summed E-state index contributed by atoms with van der Waals surface area (Å²) < 4.78 is 0. The summed E-state index contributed by atoms with van der Waals surface area (Å²) >= 11 is 0. The molecular formula is C13H18. The summed E-state index contributed by atoms with van der Waals surface area (Å²) in [6.07, 6.45) is 12.1. The van der Waals surface area contributed by atoms with Crippen molar-refractivity contribution in [1.82, 2.24) is 0 Å². The highest BCUT2D eigenvalue weighted by atomic mass is 14.4. The van der Waals surface area contributed by atoms with Gasteiger partial charge < -0.3 is 0 Å². The molecule has 2 atom stereocenters. The average molecular weight is 174 g/mol. The molecule has 0 saturated heterocycles. The topological polar surface area (TPSA) is 0 Å². The van der Waals surface area contributed by atoms with Crippen LogP contribution in [0.3, 0.4) is 0 Å². The van der Waals surface area contributed by atoms with Crippen LogP contribution in [0.2, 0.25) is 0 Å². The molecule has 4 aliphatic rings. The summed E-state index contributed by atoms with van der Waals surface area (Å²) in [6.45, 7) is 3.96. The number of rotatable bonds is 1. The smallest absolute Gasteiger partial charge is 0.0160 e. The number of allylic oxidation sites excluding steroid dienone is 3. The Hall–Kier alpha value is -0.520. The molecule has 4 rings (SSSR count). The van der Waals surface area contributed by atoms with Gasteiger partial charge in [0.1, 0.15) is 0 Å². The Morgan fingerprint density at radius 1 is 1.08 bits per heavy atom. The van der Waals surface area contributed by atoms with Crippen LogP contribution in [-0.2, 0) is 0 Å². The van der Waals surface area contributed by atoms with Crippen molar-refractivity contribution < 1.29 is 0 Å². The number of hydrogen-bond donors (Lipinski definition) is 0. The lowest BCUT2D eigenvalue weighted by molar-refractivity contribution is 0.141. The lowest BCUT2D eigenvalue weighted by Crippen LogP contribution is -2.27. The molecule has 0 aromatic rings. The molecule has 0 radical (unpaired) electrons. The van der Waals surface area contributed by atoms with Crippen LogP contribution in [0, 0.1) is 23.7 Å². The molecule has 4 bridgehead atoms. The molecule has 2 fully saturated rings. The first-order valence-electron chi connectivity index (χ1n) is 5.69. The van der Waals surface area contributed by atoms with E-state index in [0.29, 0.717) is 0 Å². The van der Waals surface area contributed by atoms with Crippen molar-refractivity contribution >= 4 is 0 Å². The first-order valence-corrected chi connectivity index (χ1v) is 5.69. The zero-order chi connectivity index (χ0) is 8.84. The lowest BCUT2D eigenvalue weighted by atomic mass is 9.67. The summed E-state index contributed by atoms with van der Waals surface area (Å²) in [5, 5.41) is 0. The molecule has 13 heavy (non-hydrogen) atoms.